The van der Waals surface area contributed by atoms with Crippen LogP contribution in [0.15, 0.2) is 18.2 Å². The van der Waals surface area contributed by atoms with E-state index in [0.29, 0.717) is 43.9 Å². The molecule has 0 saturated carbocycles. The topological polar surface area (TPSA) is 105 Å². The van der Waals surface area contributed by atoms with Gasteiger partial charge < -0.3 is 19.3 Å². The minimum absolute atomic E-state index is 0.0302. The van der Waals surface area contributed by atoms with Crippen LogP contribution in [0.1, 0.15) is 36.7 Å². The first-order chi connectivity index (χ1) is 14.9. The molecule has 10 heteroatoms. The molecule has 1 fully saturated rings. The minimum Gasteiger partial charge on any atom is -0.444 e. The molecule has 0 N–H and O–H groups in total. The number of non-ortho nitro benzene ring substituents is 1. The van der Waals surface area contributed by atoms with Gasteiger partial charge in [0, 0.05) is 58.0 Å². The Labute approximate surface area is 189 Å². The Morgan fingerprint density at radius 1 is 1.28 bits per heavy atom. The van der Waals surface area contributed by atoms with E-state index in [1.165, 1.54) is 23.1 Å². The molecule has 1 aromatic rings. The van der Waals surface area contributed by atoms with Gasteiger partial charge in [-0.2, -0.15) is 0 Å². The molecule has 0 aromatic heterocycles. The molecule has 1 aliphatic rings. The van der Waals surface area contributed by atoms with Gasteiger partial charge in [-0.05, 0) is 39.3 Å². The third kappa shape index (κ3) is 7.45. The number of hydrogen-bond acceptors (Lipinski definition) is 7. The Morgan fingerprint density at radius 2 is 1.97 bits per heavy atom. The quantitative estimate of drug-likeness (QED) is 0.464. The second kappa shape index (κ2) is 10.7. The molecule has 0 radical (unpaired) electrons. The molecule has 2 amide bonds. The molecular formula is C22H34N4O6. The lowest BCUT2D eigenvalue weighted by Crippen LogP contribution is -2.50. The fraction of sp³-hybridized carbons (Fsp3) is 0.636. The van der Waals surface area contributed by atoms with E-state index in [2.05, 4.69) is 4.90 Å². The largest absolute Gasteiger partial charge is 0.444 e. The average molecular weight is 451 g/mol. The van der Waals surface area contributed by atoms with E-state index in [4.69, 9.17) is 9.47 Å². The fourth-order valence-corrected chi connectivity index (χ4v) is 3.41. The van der Waals surface area contributed by atoms with Crippen molar-refractivity contribution in [3.63, 3.8) is 0 Å². The summed E-state index contributed by atoms with van der Waals surface area (Å²) in [6.07, 6.45) is -0.527. The zero-order valence-corrected chi connectivity index (χ0v) is 19.8. The first-order valence-electron chi connectivity index (χ1n) is 10.7. The molecule has 32 heavy (non-hydrogen) atoms. The number of likely N-dealkylation sites (N-methyl/N-ethyl adjacent to an activating group) is 2. The molecule has 178 valence electrons. The number of nitro groups is 1. The summed E-state index contributed by atoms with van der Waals surface area (Å²) in [6.45, 7) is 10.7. The van der Waals surface area contributed by atoms with Gasteiger partial charge in [-0.3, -0.25) is 19.8 Å². The van der Waals surface area contributed by atoms with Crippen molar-refractivity contribution in [2.45, 2.75) is 39.4 Å². The van der Waals surface area contributed by atoms with Gasteiger partial charge >= 0.3 is 6.09 Å². The van der Waals surface area contributed by atoms with Crippen molar-refractivity contribution >= 4 is 17.7 Å². The van der Waals surface area contributed by atoms with Crippen molar-refractivity contribution in [2.75, 3.05) is 53.4 Å². The first kappa shape index (κ1) is 25.5. The molecule has 1 saturated heterocycles. The van der Waals surface area contributed by atoms with E-state index in [-0.39, 0.29) is 23.8 Å². The third-order valence-corrected chi connectivity index (χ3v) is 5.16. The number of amides is 2. The van der Waals surface area contributed by atoms with E-state index in [1.54, 1.807) is 25.9 Å². The number of carbonyl (C=O) groups is 2. The molecule has 1 aliphatic heterocycles. The number of nitro benzene ring substituents is 1. The minimum atomic E-state index is -0.552. The standard InChI is InChI=1S/C22H34N4O6/c1-16-13-17(26(29)30)7-8-19(16)20(27)23(5)9-10-25-11-12-31-18(15-25)14-24(6)21(28)32-22(2,3)4/h7-8,13,18H,9-12,14-15H2,1-6H3. The second-order valence-corrected chi connectivity index (χ2v) is 9.14. The Bertz CT molecular complexity index is 838. The van der Waals surface area contributed by atoms with Crippen LogP contribution in [0.2, 0.25) is 0 Å². The van der Waals surface area contributed by atoms with Crippen molar-refractivity contribution in [1.29, 1.82) is 0 Å². The highest BCUT2D eigenvalue weighted by molar-refractivity contribution is 5.95. The van der Waals surface area contributed by atoms with E-state index in [9.17, 15) is 19.7 Å². The predicted octanol–water partition coefficient (Wildman–Crippen LogP) is 2.54. The summed E-state index contributed by atoms with van der Waals surface area (Å²) in [5.41, 5.74) is 0.450. The van der Waals surface area contributed by atoms with Crippen LogP contribution in [0.4, 0.5) is 10.5 Å². The normalized spacial score (nSPS) is 17.0. The van der Waals surface area contributed by atoms with Gasteiger partial charge in [0.1, 0.15) is 5.60 Å². The van der Waals surface area contributed by atoms with Crippen LogP contribution in [0.3, 0.4) is 0 Å². The average Bonchev–Trinajstić information content (AvgIpc) is 2.70. The maximum Gasteiger partial charge on any atom is 0.410 e. The maximum absolute atomic E-state index is 12.8. The highest BCUT2D eigenvalue weighted by atomic mass is 16.6. The first-order valence-corrected chi connectivity index (χ1v) is 10.7. The van der Waals surface area contributed by atoms with E-state index in [1.807, 2.05) is 20.8 Å². The summed E-state index contributed by atoms with van der Waals surface area (Å²) in [6, 6.07) is 4.26. The maximum atomic E-state index is 12.8. The van der Waals surface area contributed by atoms with Gasteiger partial charge in [0.15, 0.2) is 0 Å². The third-order valence-electron chi connectivity index (χ3n) is 5.16. The summed E-state index contributed by atoms with van der Waals surface area (Å²) in [5.74, 6) is -0.174. The molecule has 0 bridgehead atoms. The number of hydrogen-bond donors (Lipinski definition) is 0. The number of benzene rings is 1. The summed E-state index contributed by atoms with van der Waals surface area (Å²) in [5, 5.41) is 10.9. The van der Waals surface area contributed by atoms with E-state index in [0.717, 1.165) is 6.54 Å². The Morgan fingerprint density at radius 3 is 2.56 bits per heavy atom. The van der Waals surface area contributed by atoms with Crippen molar-refractivity contribution in [1.82, 2.24) is 14.7 Å². The number of carbonyl (C=O) groups excluding carboxylic acids is 2. The van der Waals surface area contributed by atoms with Crippen molar-refractivity contribution in [3.8, 4) is 0 Å². The van der Waals surface area contributed by atoms with Crippen LogP contribution in [-0.2, 0) is 9.47 Å². The van der Waals surface area contributed by atoms with E-state index < -0.39 is 10.5 Å². The smallest absolute Gasteiger partial charge is 0.410 e. The van der Waals surface area contributed by atoms with Gasteiger partial charge in [-0.15, -0.1) is 0 Å². The molecule has 1 aromatic carbocycles. The van der Waals surface area contributed by atoms with Crippen molar-refractivity contribution in [3.05, 3.63) is 39.4 Å². The van der Waals surface area contributed by atoms with Crippen LogP contribution in [-0.4, -0.2) is 96.8 Å². The lowest BCUT2D eigenvalue weighted by Gasteiger charge is -2.35. The van der Waals surface area contributed by atoms with Crippen LogP contribution < -0.4 is 0 Å². The van der Waals surface area contributed by atoms with Crippen molar-refractivity contribution in [2.24, 2.45) is 0 Å². The highest BCUT2D eigenvalue weighted by Gasteiger charge is 2.26. The number of rotatable bonds is 7. The molecule has 0 spiro atoms. The van der Waals surface area contributed by atoms with Crippen LogP contribution >= 0.6 is 0 Å². The molecule has 10 nitrogen and oxygen atoms in total. The molecule has 0 aliphatic carbocycles. The van der Waals surface area contributed by atoms with Crippen LogP contribution in [0.25, 0.3) is 0 Å². The summed E-state index contributed by atoms with van der Waals surface area (Å²) >= 11 is 0. The fourth-order valence-electron chi connectivity index (χ4n) is 3.41. The van der Waals surface area contributed by atoms with Gasteiger partial charge in [0.05, 0.1) is 24.2 Å². The van der Waals surface area contributed by atoms with E-state index >= 15 is 0 Å². The Hall–Kier alpha value is -2.72. The van der Waals surface area contributed by atoms with Crippen LogP contribution in [0, 0.1) is 17.0 Å². The molecule has 1 atom stereocenters. The second-order valence-electron chi connectivity index (χ2n) is 9.14. The molecule has 1 unspecified atom stereocenters. The van der Waals surface area contributed by atoms with Gasteiger partial charge in [-0.25, -0.2) is 4.79 Å². The van der Waals surface area contributed by atoms with Gasteiger partial charge in [0.2, 0.25) is 0 Å². The van der Waals surface area contributed by atoms with Gasteiger partial charge in [0.25, 0.3) is 11.6 Å². The number of ether oxygens (including phenoxy) is 2. The zero-order valence-electron chi connectivity index (χ0n) is 19.8. The van der Waals surface area contributed by atoms with Crippen molar-refractivity contribution < 1.29 is 24.0 Å². The SMILES string of the molecule is Cc1cc([N+](=O)[O-])ccc1C(=O)N(C)CCN1CCOC(CN(C)C(=O)OC(C)(C)C)C1. The predicted molar refractivity (Wildman–Crippen MR) is 120 cm³/mol. The number of nitrogens with zero attached hydrogens (tertiary/aromatic N) is 4. The monoisotopic (exact) mass is 450 g/mol. The highest BCUT2D eigenvalue weighted by Crippen LogP contribution is 2.18. The number of aryl methyl sites for hydroxylation is 1. The Kier molecular flexibility index (Phi) is 8.57. The number of morpholine rings is 1. The zero-order chi connectivity index (χ0) is 24.1. The van der Waals surface area contributed by atoms with Crippen LogP contribution in [0.5, 0.6) is 0 Å². The summed E-state index contributed by atoms with van der Waals surface area (Å²) < 4.78 is 11.2. The molecule has 1 heterocycles. The lowest BCUT2D eigenvalue weighted by atomic mass is 10.1. The summed E-state index contributed by atoms with van der Waals surface area (Å²) in [4.78, 5) is 40.7. The molecule has 2 rings (SSSR count). The van der Waals surface area contributed by atoms with Gasteiger partial charge in [-0.1, -0.05) is 0 Å². The Balaban J connectivity index is 1.86. The summed E-state index contributed by atoms with van der Waals surface area (Å²) in [7, 11) is 3.41. The lowest BCUT2D eigenvalue weighted by molar-refractivity contribution is -0.384. The molecular weight excluding hydrogens is 416 g/mol.